The Labute approximate surface area is 209 Å². The lowest BCUT2D eigenvalue weighted by Gasteiger charge is -2.39. The van der Waals surface area contributed by atoms with Crippen molar-refractivity contribution in [1.82, 2.24) is 0 Å². The van der Waals surface area contributed by atoms with Gasteiger partial charge in [-0.05, 0) is 35.4 Å². The predicted octanol–water partition coefficient (Wildman–Crippen LogP) is 4.94. The second kappa shape index (κ2) is 11.4. The minimum Gasteiger partial charge on any atom is -0.497 e. The van der Waals surface area contributed by atoms with Gasteiger partial charge in [-0.1, -0.05) is 54.6 Å². The number of hydrogen-bond acceptors (Lipinski definition) is 7. The molecule has 0 spiro atoms. The zero-order valence-electron chi connectivity index (χ0n) is 20.1. The number of methoxy groups -OCH3 is 2. The van der Waals surface area contributed by atoms with Gasteiger partial charge in [0.2, 0.25) is 6.36 Å². The monoisotopic (exact) mass is 496 g/mol. The Kier molecular flexibility index (Phi) is 7.79. The molecule has 5 rings (SSSR count). The van der Waals surface area contributed by atoms with Gasteiger partial charge >= 0.3 is 0 Å². The van der Waals surface area contributed by atoms with E-state index in [0.717, 1.165) is 28.2 Å². The van der Waals surface area contributed by atoms with Crippen LogP contribution >= 0.6 is 0 Å². The highest BCUT2D eigenvalue weighted by molar-refractivity contribution is 5.27. The quantitative estimate of drug-likeness (QED) is 0.416. The second-order valence-corrected chi connectivity index (χ2v) is 8.58. The highest BCUT2D eigenvalue weighted by atomic mass is 19.1. The van der Waals surface area contributed by atoms with Crippen LogP contribution in [0.25, 0.3) is 0 Å². The minimum atomic E-state index is -1.76. The summed E-state index contributed by atoms with van der Waals surface area (Å²) in [6.07, 6.45) is -5.85. The van der Waals surface area contributed by atoms with E-state index in [4.69, 9.17) is 33.2 Å². The molecule has 0 aliphatic carbocycles. The first-order valence-corrected chi connectivity index (χ1v) is 11.8. The molecule has 0 saturated carbocycles. The van der Waals surface area contributed by atoms with Gasteiger partial charge < -0.3 is 33.2 Å². The van der Waals surface area contributed by atoms with E-state index < -0.39 is 37.2 Å². The van der Waals surface area contributed by atoms with Gasteiger partial charge in [0.05, 0.1) is 27.4 Å². The van der Waals surface area contributed by atoms with Crippen molar-refractivity contribution in [2.24, 2.45) is 0 Å². The average molecular weight is 497 g/mol. The number of halogens is 1. The zero-order chi connectivity index (χ0) is 24.9. The molecule has 0 radical (unpaired) electrons. The van der Waals surface area contributed by atoms with Crippen molar-refractivity contribution >= 4 is 0 Å². The number of fused-ring (bicyclic) bond motifs is 1. The van der Waals surface area contributed by atoms with Gasteiger partial charge in [0.1, 0.15) is 29.8 Å². The molecule has 8 heteroatoms. The summed E-state index contributed by atoms with van der Waals surface area (Å²) in [5.74, 6) is 1.47. The molecule has 0 N–H and O–H groups in total. The highest BCUT2D eigenvalue weighted by Crippen LogP contribution is 2.40. The van der Waals surface area contributed by atoms with Crippen LogP contribution in [-0.2, 0) is 36.9 Å². The molecule has 2 aliphatic heterocycles. The summed E-state index contributed by atoms with van der Waals surface area (Å²) in [6.45, 7) is 0.396. The number of rotatable bonds is 9. The molecule has 2 fully saturated rings. The summed E-state index contributed by atoms with van der Waals surface area (Å²) in [7, 11) is 3.21. The molecule has 0 bridgehead atoms. The lowest BCUT2D eigenvalue weighted by molar-refractivity contribution is -0.300. The molecule has 2 heterocycles. The van der Waals surface area contributed by atoms with Crippen molar-refractivity contribution in [3.8, 4) is 11.5 Å². The van der Waals surface area contributed by atoms with Crippen molar-refractivity contribution < 1.29 is 37.5 Å². The lowest BCUT2D eigenvalue weighted by atomic mass is 10.0. The van der Waals surface area contributed by atoms with Crippen LogP contribution in [0.4, 0.5) is 4.39 Å². The molecule has 3 aromatic carbocycles. The Balaban J connectivity index is 1.33. The molecule has 2 aliphatic rings. The van der Waals surface area contributed by atoms with E-state index in [1.165, 1.54) is 0 Å². The van der Waals surface area contributed by atoms with Crippen LogP contribution in [0.1, 0.15) is 23.0 Å². The summed E-state index contributed by atoms with van der Waals surface area (Å²) >= 11 is 0. The van der Waals surface area contributed by atoms with Crippen LogP contribution in [0, 0.1) is 0 Å². The van der Waals surface area contributed by atoms with Crippen LogP contribution in [0.15, 0.2) is 78.9 Å². The summed E-state index contributed by atoms with van der Waals surface area (Å²) in [5, 5.41) is 0. The van der Waals surface area contributed by atoms with Crippen molar-refractivity contribution in [2.75, 3.05) is 14.2 Å². The number of hydrogen-bond donors (Lipinski definition) is 0. The van der Waals surface area contributed by atoms with Gasteiger partial charge in [0.15, 0.2) is 12.6 Å². The number of ether oxygens (including phenoxy) is 7. The summed E-state index contributed by atoms with van der Waals surface area (Å²) < 4.78 is 55.7. The maximum absolute atomic E-state index is 15.3. The third kappa shape index (κ3) is 5.53. The van der Waals surface area contributed by atoms with Gasteiger partial charge in [-0.15, -0.1) is 0 Å². The summed E-state index contributed by atoms with van der Waals surface area (Å²) in [5.41, 5.74) is 2.59. The molecule has 0 aromatic heterocycles. The van der Waals surface area contributed by atoms with E-state index in [1.807, 2.05) is 78.9 Å². The first-order valence-electron chi connectivity index (χ1n) is 11.8. The first kappa shape index (κ1) is 24.7. The molecule has 0 amide bonds. The Bertz CT molecular complexity index is 1090. The van der Waals surface area contributed by atoms with Crippen molar-refractivity contribution in [3.05, 3.63) is 95.6 Å². The fourth-order valence-electron chi connectivity index (χ4n) is 4.28. The fourth-order valence-corrected chi connectivity index (χ4v) is 4.28. The van der Waals surface area contributed by atoms with E-state index in [1.54, 1.807) is 14.2 Å². The van der Waals surface area contributed by atoms with Crippen LogP contribution in [-0.4, -0.2) is 45.2 Å². The van der Waals surface area contributed by atoms with E-state index in [-0.39, 0.29) is 13.2 Å². The van der Waals surface area contributed by atoms with E-state index in [9.17, 15) is 0 Å². The van der Waals surface area contributed by atoms with E-state index >= 15 is 4.39 Å². The molecular formula is C28H29FO7. The maximum Gasteiger partial charge on any atom is 0.230 e. The lowest BCUT2D eigenvalue weighted by Crippen LogP contribution is -2.57. The molecule has 3 aromatic rings. The predicted molar refractivity (Wildman–Crippen MR) is 128 cm³/mol. The number of alkyl halides is 1. The maximum atomic E-state index is 15.3. The summed E-state index contributed by atoms with van der Waals surface area (Å²) in [4.78, 5) is 0. The van der Waals surface area contributed by atoms with Gasteiger partial charge in [0.25, 0.3) is 0 Å². The third-order valence-corrected chi connectivity index (χ3v) is 6.25. The molecule has 190 valence electrons. The molecule has 36 heavy (non-hydrogen) atoms. The summed E-state index contributed by atoms with van der Waals surface area (Å²) in [6, 6.07) is 24.3. The second-order valence-electron chi connectivity index (χ2n) is 8.58. The Morgan fingerprint density at radius 2 is 1.22 bits per heavy atom. The Hall–Kier alpha value is -3.01. The van der Waals surface area contributed by atoms with Crippen molar-refractivity contribution in [3.63, 3.8) is 0 Å². The van der Waals surface area contributed by atoms with Gasteiger partial charge in [-0.2, -0.15) is 0 Å². The van der Waals surface area contributed by atoms with Gasteiger partial charge in [-0.3, -0.25) is 0 Å². The van der Waals surface area contributed by atoms with Gasteiger partial charge in [0, 0.05) is 5.56 Å². The fraction of sp³-hybridized carbons (Fsp3) is 0.357. The smallest absolute Gasteiger partial charge is 0.230 e. The molecule has 1 unspecified atom stereocenters. The Morgan fingerprint density at radius 3 is 1.78 bits per heavy atom. The molecule has 2 saturated heterocycles. The average Bonchev–Trinajstić information content (AvgIpc) is 3.35. The van der Waals surface area contributed by atoms with Crippen LogP contribution in [0.5, 0.6) is 11.5 Å². The third-order valence-electron chi connectivity index (χ3n) is 6.25. The van der Waals surface area contributed by atoms with Crippen LogP contribution in [0.3, 0.4) is 0 Å². The normalized spacial score (nSPS) is 27.4. The number of benzene rings is 3. The topological polar surface area (TPSA) is 64.6 Å². The molecule has 7 nitrogen and oxygen atoms in total. The molecular weight excluding hydrogens is 467 g/mol. The zero-order valence-corrected chi connectivity index (χ0v) is 20.1. The van der Waals surface area contributed by atoms with Crippen molar-refractivity contribution in [1.29, 1.82) is 0 Å². The minimum absolute atomic E-state index is 0.168. The largest absolute Gasteiger partial charge is 0.497 e. The van der Waals surface area contributed by atoms with Crippen LogP contribution in [0.2, 0.25) is 0 Å². The van der Waals surface area contributed by atoms with E-state index in [2.05, 4.69) is 0 Å². The van der Waals surface area contributed by atoms with E-state index in [0.29, 0.717) is 0 Å². The van der Waals surface area contributed by atoms with Gasteiger partial charge in [-0.25, -0.2) is 4.39 Å². The van der Waals surface area contributed by atoms with Crippen molar-refractivity contribution in [2.45, 2.75) is 50.5 Å². The first-order chi connectivity index (χ1) is 17.6. The van der Waals surface area contributed by atoms with Crippen LogP contribution < -0.4 is 9.47 Å². The SMILES string of the molecule is COc1ccc(CO[C@@H]2[C@@H](OCc3ccc(OC)cc3)[C@@H](F)O[C@@H]3OC(c4ccccc4)O[C@@H]32)cc1. The standard InChI is InChI=1S/C28H29FO7/c1-30-21-12-8-18(9-13-21)16-32-23-24(33-17-19-10-14-22(31-2)15-11-19)26(29)35-28-25(23)34-27(36-28)20-6-4-3-5-7-20/h3-15,23-28H,16-17H2,1-2H3/t23-,24-,25-,26+,27?,28-/m1/s1. The molecule has 6 atom stereocenters. The Morgan fingerprint density at radius 1 is 0.667 bits per heavy atom. The highest BCUT2D eigenvalue weighted by Gasteiger charge is 2.54.